The molecule has 0 unspecified atom stereocenters. The minimum absolute atomic E-state index is 0.215. The molecule has 1 saturated heterocycles. The maximum absolute atomic E-state index is 10.9. The summed E-state index contributed by atoms with van der Waals surface area (Å²) in [6, 6.07) is 3.46. The van der Waals surface area contributed by atoms with Gasteiger partial charge in [0.15, 0.2) is 11.5 Å². The number of carbonyl (C=O) groups excluding carboxylic acids is 1. The monoisotopic (exact) mass is 263 g/mol. The van der Waals surface area contributed by atoms with Gasteiger partial charge in [0.05, 0.1) is 0 Å². The van der Waals surface area contributed by atoms with Gasteiger partial charge in [0, 0.05) is 13.1 Å². The molecule has 3 N–H and O–H groups in total. The molecule has 1 fully saturated rings. The number of carbonyl (C=O) groups is 1. The van der Waals surface area contributed by atoms with Gasteiger partial charge in [-0.15, -0.1) is 10.2 Å². The number of primary amides is 1. The number of anilines is 1. The molecule has 0 bridgehead atoms. The Balaban J connectivity index is 1.88. The van der Waals surface area contributed by atoms with Crippen LogP contribution in [0.2, 0.25) is 0 Å². The van der Waals surface area contributed by atoms with Crippen LogP contribution in [-0.2, 0) is 0 Å². The lowest BCUT2D eigenvalue weighted by atomic mass is 9.93. The lowest BCUT2D eigenvalue weighted by molar-refractivity contribution is 0.0994. The first-order valence-corrected chi connectivity index (χ1v) is 6.74. The molecule has 1 aromatic heterocycles. The van der Waals surface area contributed by atoms with Gasteiger partial charge < -0.3 is 16.0 Å². The van der Waals surface area contributed by atoms with E-state index in [1.54, 1.807) is 6.07 Å². The number of hydrogen-bond donors (Lipinski definition) is 2. The molecule has 0 spiro atoms. The molecule has 1 aliphatic rings. The molecular formula is C13H21N5O. The average molecular weight is 263 g/mol. The second-order valence-corrected chi connectivity index (χ2v) is 4.96. The molecule has 0 atom stereocenters. The molecule has 1 aromatic rings. The highest BCUT2D eigenvalue weighted by Gasteiger charge is 2.20. The van der Waals surface area contributed by atoms with E-state index in [4.69, 9.17) is 5.73 Å². The van der Waals surface area contributed by atoms with E-state index in [-0.39, 0.29) is 5.69 Å². The molecule has 2 heterocycles. The predicted octanol–water partition coefficient (Wildman–Crippen LogP) is 0.401. The van der Waals surface area contributed by atoms with Crippen molar-refractivity contribution in [2.75, 3.05) is 31.6 Å². The van der Waals surface area contributed by atoms with Gasteiger partial charge in [-0.3, -0.25) is 4.79 Å². The fourth-order valence-electron chi connectivity index (χ4n) is 2.42. The van der Waals surface area contributed by atoms with Gasteiger partial charge >= 0.3 is 0 Å². The van der Waals surface area contributed by atoms with Crippen molar-refractivity contribution in [2.45, 2.75) is 19.3 Å². The molecule has 6 nitrogen and oxygen atoms in total. The van der Waals surface area contributed by atoms with Crippen molar-refractivity contribution in [1.29, 1.82) is 0 Å². The smallest absolute Gasteiger partial charge is 0.269 e. The van der Waals surface area contributed by atoms with Crippen molar-refractivity contribution in [3.63, 3.8) is 0 Å². The van der Waals surface area contributed by atoms with E-state index >= 15 is 0 Å². The van der Waals surface area contributed by atoms with Crippen molar-refractivity contribution in [2.24, 2.45) is 11.7 Å². The summed E-state index contributed by atoms with van der Waals surface area (Å²) in [5.41, 5.74) is 5.36. The Hall–Kier alpha value is -1.69. The van der Waals surface area contributed by atoms with Crippen LogP contribution >= 0.6 is 0 Å². The first-order valence-electron chi connectivity index (χ1n) is 6.74. The summed E-state index contributed by atoms with van der Waals surface area (Å²) >= 11 is 0. The van der Waals surface area contributed by atoms with Crippen LogP contribution in [0, 0.1) is 5.92 Å². The maximum Gasteiger partial charge on any atom is 0.269 e. The van der Waals surface area contributed by atoms with Crippen LogP contribution < -0.4 is 16.0 Å². The fraction of sp³-hybridized carbons (Fsp3) is 0.615. The van der Waals surface area contributed by atoms with Gasteiger partial charge in [0.25, 0.3) is 5.91 Å². The first-order chi connectivity index (χ1) is 9.20. The molecule has 0 aliphatic carbocycles. The van der Waals surface area contributed by atoms with Gasteiger partial charge in [-0.05, 0) is 50.9 Å². The van der Waals surface area contributed by atoms with Crippen LogP contribution in [0.5, 0.6) is 0 Å². The summed E-state index contributed by atoms with van der Waals surface area (Å²) in [7, 11) is 1.99. The summed E-state index contributed by atoms with van der Waals surface area (Å²) in [4.78, 5) is 13.1. The molecule has 0 saturated carbocycles. The number of amides is 1. The third-order valence-corrected chi connectivity index (χ3v) is 3.64. The summed E-state index contributed by atoms with van der Waals surface area (Å²) in [6.45, 7) is 3.08. The zero-order chi connectivity index (χ0) is 13.7. The molecule has 104 valence electrons. The minimum atomic E-state index is -0.537. The van der Waals surface area contributed by atoms with Gasteiger partial charge in [-0.2, -0.15) is 0 Å². The summed E-state index contributed by atoms with van der Waals surface area (Å²) in [6.07, 6.45) is 3.60. The van der Waals surface area contributed by atoms with Gasteiger partial charge in [-0.1, -0.05) is 0 Å². The highest BCUT2D eigenvalue weighted by molar-refractivity contribution is 5.90. The van der Waals surface area contributed by atoms with Crippen LogP contribution in [0.4, 0.5) is 5.82 Å². The second kappa shape index (κ2) is 6.47. The van der Waals surface area contributed by atoms with E-state index < -0.39 is 5.91 Å². The molecule has 6 heteroatoms. The lowest BCUT2D eigenvalue weighted by Gasteiger charge is -2.32. The zero-order valence-corrected chi connectivity index (χ0v) is 11.3. The largest absolute Gasteiger partial charge is 0.364 e. The molecular weight excluding hydrogens is 242 g/mol. The number of aromatic nitrogens is 2. The van der Waals surface area contributed by atoms with Crippen molar-refractivity contribution in [3.05, 3.63) is 17.8 Å². The number of rotatable bonds is 5. The Labute approximate surface area is 113 Å². The van der Waals surface area contributed by atoms with Crippen molar-refractivity contribution < 1.29 is 4.79 Å². The van der Waals surface area contributed by atoms with E-state index in [9.17, 15) is 4.79 Å². The van der Waals surface area contributed by atoms with E-state index in [0.29, 0.717) is 0 Å². The molecule has 1 amide bonds. The maximum atomic E-state index is 10.9. The van der Waals surface area contributed by atoms with Gasteiger partial charge in [-0.25, -0.2) is 0 Å². The van der Waals surface area contributed by atoms with Crippen LogP contribution in [0.3, 0.4) is 0 Å². The first kappa shape index (κ1) is 13.7. The molecule has 19 heavy (non-hydrogen) atoms. The van der Waals surface area contributed by atoms with E-state index in [2.05, 4.69) is 20.4 Å². The third kappa shape index (κ3) is 3.64. The Morgan fingerprint density at radius 3 is 2.68 bits per heavy atom. The molecule has 2 rings (SSSR count). The van der Waals surface area contributed by atoms with Crippen molar-refractivity contribution in [1.82, 2.24) is 15.5 Å². The van der Waals surface area contributed by atoms with Crippen LogP contribution in [0.25, 0.3) is 0 Å². The minimum Gasteiger partial charge on any atom is -0.364 e. The number of nitrogens with two attached hydrogens (primary N) is 1. The SMILES string of the molecule is CNCCC1CCN(c2ccc(C(N)=O)nn2)CC1. The Morgan fingerprint density at radius 2 is 2.16 bits per heavy atom. The van der Waals surface area contributed by atoms with Crippen LogP contribution in [0.1, 0.15) is 29.8 Å². The standard InChI is InChI=1S/C13H21N5O/c1-15-7-4-10-5-8-18(9-6-10)12-3-2-11(13(14)19)16-17-12/h2-3,10,15H,4-9H2,1H3,(H2,14,19). The lowest BCUT2D eigenvalue weighted by Crippen LogP contribution is -2.35. The molecule has 0 radical (unpaired) electrons. The van der Waals surface area contributed by atoms with Crippen molar-refractivity contribution >= 4 is 11.7 Å². The topological polar surface area (TPSA) is 84.1 Å². The number of hydrogen-bond acceptors (Lipinski definition) is 5. The molecule has 0 aromatic carbocycles. The van der Waals surface area contributed by atoms with E-state index in [0.717, 1.165) is 31.4 Å². The molecule has 1 aliphatic heterocycles. The van der Waals surface area contributed by atoms with E-state index in [1.807, 2.05) is 13.1 Å². The fourth-order valence-corrected chi connectivity index (χ4v) is 2.42. The van der Waals surface area contributed by atoms with E-state index in [1.165, 1.54) is 19.3 Å². The van der Waals surface area contributed by atoms with Crippen LogP contribution in [-0.4, -0.2) is 42.8 Å². The summed E-state index contributed by atoms with van der Waals surface area (Å²) in [5, 5.41) is 11.1. The number of piperidine rings is 1. The predicted molar refractivity (Wildman–Crippen MR) is 74.0 cm³/mol. The average Bonchev–Trinajstić information content (AvgIpc) is 2.46. The van der Waals surface area contributed by atoms with Gasteiger partial charge in [0.2, 0.25) is 0 Å². The third-order valence-electron chi connectivity index (χ3n) is 3.64. The number of nitrogens with one attached hydrogen (secondary N) is 1. The normalized spacial score (nSPS) is 16.6. The Morgan fingerprint density at radius 1 is 1.42 bits per heavy atom. The summed E-state index contributed by atoms with van der Waals surface area (Å²) < 4.78 is 0. The Kier molecular flexibility index (Phi) is 4.68. The second-order valence-electron chi connectivity index (χ2n) is 4.96. The highest BCUT2D eigenvalue weighted by Crippen LogP contribution is 2.23. The quantitative estimate of drug-likeness (QED) is 0.803. The zero-order valence-electron chi connectivity index (χ0n) is 11.3. The summed E-state index contributed by atoms with van der Waals surface area (Å²) in [5.74, 6) is 1.09. The van der Waals surface area contributed by atoms with Gasteiger partial charge in [0.1, 0.15) is 0 Å². The van der Waals surface area contributed by atoms with Crippen LogP contribution in [0.15, 0.2) is 12.1 Å². The Bertz CT molecular complexity index is 412. The highest BCUT2D eigenvalue weighted by atomic mass is 16.1. The van der Waals surface area contributed by atoms with Crippen molar-refractivity contribution in [3.8, 4) is 0 Å². The number of nitrogens with zero attached hydrogens (tertiary/aromatic N) is 3.